The van der Waals surface area contributed by atoms with Crippen molar-refractivity contribution < 1.29 is 0 Å². The van der Waals surface area contributed by atoms with E-state index in [2.05, 4.69) is 36.5 Å². The number of benzene rings is 1. The zero-order valence-electron chi connectivity index (χ0n) is 9.78. The van der Waals surface area contributed by atoms with Gasteiger partial charge in [0.1, 0.15) is 0 Å². The lowest BCUT2D eigenvalue weighted by molar-refractivity contribution is 0.495. The maximum absolute atomic E-state index is 3.70. The summed E-state index contributed by atoms with van der Waals surface area (Å²) in [5, 5.41) is 4.45. The van der Waals surface area contributed by atoms with Gasteiger partial charge in [-0.05, 0) is 43.7 Å². The first-order chi connectivity index (χ1) is 7.83. The molecule has 1 aromatic rings. The molecule has 1 heterocycles. The molecule has 2 aliphatic rings. The highest BCUT2D eigenvalue weighted by Gasteiger charge is 2.29. The van der Waals surface area contributed by atoms with Gasteiger partial charge in [0.2, 0.25) is 0 Å². The minimum absolute atomic E-state index is 0.726. The fourth-order valence-electron chi connectivity index (χ4n) is 2.45. The fourth-order valence-corrected chi connectivity index (χ4v) is 3.71. The second-order valence-corrected chi connectivity index (χ2v) is 6.43. The molecule has 3 rings (SSSR count). The van der Waals surface area contributed by atoms with Gasteiger partial charge >= 0.3 is 0 Å². The summed E-state index contributed by atoms with van der Waals surface area (Å²) in [6.07, 6.45) is 4.11. The van der Waals surface area contributed by atoms with Crippen LogP contribution in [0, 0.1) is 5.92 Å². The molecule has 1 fully saturated rings. The lowest BCUT2D eigenvalue weighted by atomic mass is 10.1. The van der Waals surface area contributed by atoms with E-state index >= 15 is 0 Å². The van der Waals surface area contributed by atoms with Gasteiger partial charge < -0.3 is 5.32 Å². The maximum Gasteiger partial charge on any atom is 0.0260 e. The Kier molecular flexibility index (Phi) is 2.95. The van der Waals surface area contributed by atoms with Crippen molar-refractivity contribution in [2.75, 3.05) is 6.54 Å². The number of hydrogen-bond acceptors (Lipinski definition) is 2. The van der Waals surface area contributed by atoms with E-state index in [4.69, 9.17) is 0 Å². The molecule has 0 spiro atoms. The molecule has 1 aliphatic heterocycles. The van der Waals surface area contributed by atoms with E-state index in [0.717, 1.165) is 23.8 Å². The Morgan fingerprint density at radius 3 is 2.94 bits per heavy atom. The summed E-state index contributed by atoms with van der Waals surface area (Å²) in [7, 11) is 0. The monoisotopic (exact) mass is 233 g/mol. The van der Waals surface area contributed by atoms with E-state index in [-0.39, 0.29) is 0 Å². The number of rotatable bonds is 4. The third kappa shape index (κ3) is 2.28. The number of nitrogens with one attached hydrogen (secondary N) is 1. The molecule has 2 unspecified atom stereocenters. The van der Waals surface area contributed by atoms with Crippen LogP contribution in [0.2, 0.25) is 0 Å². The van der Waals surface area contributed by atoms with E-state index < -0.39 is 0 Å². The Hall–Kier alpha value is -0.470. The molecule has 0 aromatic heterocycles. The second kappa shape index (κ2) is 4.42. The third-order valence-corrected chi connectivity index (χ3v) is 5.03. The summed E-state index contributed by atoms with van der Waals surface area (Å²) in [6, 6.07) is 9.55. The minimum atomic E-state index is 0.726. The highest BCUT2D eigenvalue weighted by Crippen LogP contribution is 2.37. The zero-order valence-corrected chi connectivity index (χ0v) is 10.6. The molecule has 0 radical (unpaired) electrons. The molecule has 2 atom stereocenters. The summed E-state index contributed by atoms with van der Waals surface area (Å²) in [6.45, 7) is 3.50. The lowest BCUT2D eigenvalue weighted by Gasteiger charge is -2.15. The molecular formula is C14H19NS. The third-order valence-electron chi connectivity index (χ3n) is 3.71. The Balaban J connectivity index is 1.52. The molecule has 1 saturated carbocycles. The SMILES string of the molecule is CC(NCC1Cc2ccccc2S1)C1CC1. The molecule has 0 saturated heterocycles. The standard InChI is InChI=1S/C14H19NS/c1-10(11-6-7-11)15-9-13-8-12-4-2-3-5-14(12)16-13/h2-5,10-11,13,15H,6-9H2,1H3. The molecule has 0 amide bonds. The number of fused-ring (bicyclic) bond motifs is 1. The maximum atomic E-state index is 3.70. The van der Waals surface area contributed by atoms with Crippen molar-refractivity contribution in [3.8, 4) is 0 Å². The van der Waals surface area contributed by atoms with E-state index in [1.165, 1.54) is 24.2 Å². The second-order valence-electron chi connectivity index (χ2n) is 5.09. The highest BCUT2D eigenvalue weighted by molar-refractivity contribution is 8.00. The zero-order chi connectivity index (χ0) is 11.0. The van der Waals surface area contributed by atoms with E-state index in [0.29, 0.717) is 0 Å². The van der Waals surface area contributed by atoms with Crippen LogP contribution >= 0.6 is 11.8 Å². The van der Waals surface area contributed by atoms with Gasteiger partial charge in [0.05, 0.1) is 0 Å². The molecule has 16 heavy (non-hydrogen) atoms. The van der Waals surface area contributed by atoms with Crippen molar-refractivity contribution in [1.29, 1.82) is 0 Å². The molecule has 1 nitrogen and oxygen atoms in total. The average Bonchev–Trinajstić information content (AvgIpc) is 3.06. The van der Waals surface area contributed by atoms with Gasteiger partial charge in [-0.3, -0.25) is 0 Å². The summed E-state index contributed by atoms with van der Waals surface area (Å²) in [5.74, 6) is 0.966. The van der Waals surface area contributed by atoms with Gasteiger partial charge in [-0.1, -0.05) is 18.2 Å². The predicted molar refractivity (Wildman–Crippen MR) is 70.0 cm³/mol. The first-order valence-corrected chi connectivity index (χ1v) is 7.19. The number of hydrogen-bond donors (Lipinski definition) is 1. The van der Waals surface area contributed by atoms with Crippen LogP contribution in [-0.2, 0) is 6.42 Å². The van der Waals surface area contributed by atoms with Gasteiger partial charge in [0.25, 0.3) is 0 Å². The van der Waals surface area contributed by atoms with E-state index in [1.54, 1.807) is 5.56 Å². The van der Waals surface area contributed by atoms with Gasteiger partial charge in [0.15, 0.2) is 0 Å². The van der Waals surface area contributed by atoms with Gasteiger partial charge in [-0.25, -0.2) is 0 Å². The Morgan fingerprint density at radius 1 is 1.38 bits per heavy atom. The Bertz CT molecular complexity index is 348. The molecule has 1 N–H and O–H groups in total. The Labute approximate surface area is 102 Å². The normalized spacial score (nSPS) is 25.4. The quantitative estimate of drug-likeness (QED) is 0.857. The molecule has 2 heteroatoms. The fraction of sp³-hybridized carbons (Fsp3) is 0.571. The Morgan fingerprint density at radius 2 is 2.19 bits per heavy atom. The predicted octanol–water partition coefficient (Wildman–Crippen LogP) is 3.09. The van der Waals surface area contributed by atoms with Crippen LogP contribution < -0.4 is 5.32 Å². The van der Waals surface area contributed by atoms with Crippen LogP contribution in [0.3, 0.4) is 0 Å². The van der Waals surface area contributed by atoms with E-state index in [9.17, 15) is 0 Å². The highest BCUT2D eigenvalue weighted by atomic mass is 32.2. The van der Waals surface area contributed by atoms with Crippen molar-refractivity contribution >= 4 is 11.8 Å². The van der Waals surface area contributed by atoms with Crippen molar-refractivity contribution in [3.63, 3.8) is 0 Å². The van der Waals surface area contributed by atoms with Crippen LogP contribution in [0.25, 0.3) is 0 Å². The first-order valence-electron chi connectivity index (χ1n) is 6.31. The summed E-state index contributed by atoms with van der Waals surface area (Å²) in [4.78, 5) is 1.49. The van der Waals surface area contributed by atoms with Crippen LogP contribution in [0.15, 0.2) is 29.2 Å². The molecule has 1 aromatic carbocycles. The minimum Gasteiger partial charge on any atom is -0.313 e. The van der Waals surface area contributed by atoms with Crippen molar-refractivity contribution in [2.24, 2.45) is 5.92 Å². The summed E-state index contributed by atoms with van der Waals surface area (Å²) >= 11 is 2.05. The first kappa shape index (κ1) is 10.7. The summed E-state index contributed by atoms with van der Waals surface area (Å²) < 4.78 is 0. The van der Waals surface area contributed by atoms with Crippen molar-refractivity contribution in [1.82, 2.24) is 5.32 Å². The topological polar surface area (TPSA) is 12.0 Å². The average molecular weight is 233 g/mol. The van der Waals surface area contributed by atoms with Gasteiger partial charge in [0, 0.05) is 22.7 Å². The summed E-state index contributed by atoms with van der Waals surface area (Å²) in [5.41, 5.74) is 1.54. The molecular weight excluding hydrogens is 214 g/mol. The van der Waals surface area contributed by atoms with E-state index in [1.807, 2.05) is 11.8 Å². The van der Waals surface area contributed by atoms with Crippen LogP contribution in [0.1, 0.15) is 25.3 Å². The van der Waals surface area contributed by atoms with Crippen molar-refractivity contribution in [3.05, 3.63) is 29.8 Å². The molecule has 1 aliphatic carbocycles. The van der Waals surface area contributed by atoms with Crippen molar-refractivity contribution in [2.45, 2.75) is 42.4 Å². The van der Waals surface area contributed by atoms with Crippen LogP contribution in [0.5, 0.6) is 0 Å². The largest absolute Gasteiger partial charge is 0.313 e. The van der Waals surface area contributed by atoms with Gasteiger partial charge in [-0.2, -0.15) is 0 Å². The van der Waals surface area contributed by atoms with Crippen LogP contribution in [0.4, 0.5) is 0 Å². The smallest absolute Gasteiger partial charge is 0.0260 e. The van der Waals surface area contributed by atoms with Crippen LogP contribution in [-0.4, -0.2) is 17.8 Å². The number of thioether (sulfide) groups is 1. The molecule has 86 valence electrons. The molecule has 0 bridgehead atoms. The lowest BCUT2D eigenvalue weighted by Crippen LogP contribution is -2.33. The van der Waals surface area contributed by atoms with Gasteiger partial charge in [-0.15, -0.1) is 11.8 Å².